The molecule has 5 nitrogen and oxygen atoms in total. The predicted molar refractivity (Wildman–Crippen MR) is 542 cm³/mol. The highest BCUT2D eigenvalue weighted by molar-refractivity contribution is 6.24. The third kappa shape index (κ3) is 14.2. The smallest absolute Gasteiger partial charge is 0.0542 e. The Hall–Kier alpha value is -16.3. The van der Waals surface area contributed by atoms with E-state index >= 15 is 0 Å². The van der Waals surface area contributed by atoms with Gasteiger partial charge in [0.15, 0.2) is 0 Å². The van der Waals surface area contributed by atoms with Gasteiger partial charge in [0.2, 0.25) is 0 Å². The first-order valence-corrected chi connectivity index (χ1v) is 43.9. The van der Waals surface area contributed by atoms with Crippen LogP contribution in [0.4, 0.5) is 51.2 Å². The van der Waals surface area contributed by atoms with Crippen molar-refractivity contribution in [2.45, 2.75) is 26.2 Å². The molecule has 5 heteroatoms. The normalized spacial score (nSPS) is 11.6. The third-order valence-electron chi connectivity index (χ3n) is 25.2. The zero-order valence-electron chi connectivity index (χ0n) is 70.9. The Morgan fingerprint density at radius 2 is 0.402 bits per heavy atom. The van der Waals surface area contributed by atoms with E-state index in [0.717, 1.165) is 73.6 Å². The molecule has 0 amide bonds. The molecule has 602 valence electrons. The first kappa shape index (κ1) is 76.8. The van der Waals surface area contributed by atoms with Gasteiger partial charge in [0.25, 0.3) is 0 Å². The molecule has 23 aromatic rings. The number of para-hydroxylation sites is 7. The van der Waals surface area contributed by atoms with Crippen LogP contribution in [0.3, 0.4) is 0 Å². The van der Waals surface area contributed by atoms with E-state index in [0.29, 0.717) is 0 Å². The average molecular weight is 1630 g/mol. The van der Waals surface area contributed by atoms with Gasteiger partial charge >= 0.3 is 0 Å². The van der Waals surface area contributed by atoms with Crippen LogP contribution >= 0.6 is 0 Å². The Morgan fingerprint density at radius 1 is 0.157 bits per heavy atom. The number of nitrogens with zero attached hydrogens (tertiary/aromatic N) is 5. The fourth-order valence-electron chi connectivity index (χ4n) is 19.4. The second-order valence-corrected chi connectivity index (χ2v) is 33.9. The molecule has 0 spiro atoms. The molecule has 0 saturated carbocycles. The van der Waals surface area contributed by atoms with Gasteiger partial charge in [-0.3, -0.25) is 0 Å². The Bertz CT molecular complexity index is 7610. The summed E-state index contributed by atoms with van der Waals surface area (Å²) in [5.74, 6) is 0. The van der Waals surface area contributed by atoms with Crippen LogP contribution in [0, 0.1) is 0 Å². The lowest BCUT2D eigenvalue weighted by Crippen LogP contribution is -2.10. The third-order valence-corrected chi connectivity index (χ3v) is 25.2. The molecule has 0 saturated heterocycles. The predicted octanol–water partition coefficient (Wildman–Crippen LogP) is 34.2. The molecule has 0 radical (unpaired) electrons. The lowest BCUT2D eigenvalue weighted by Gasteiger charge is -2.26. The van der Waals surface area contributed by atoms with E-state index in [9.17, 15) is 0 Å². The summed E-state index contributed by atoms with van der Waals surface area (Å²) >= 11 is 0. The van der Waals surface area contributed by atoms with E-state index in [4.69, 9.17) is 0 Å². The highest BCUT2D eigenvalue weighted by Crippen LogP contribution is 2.50. The minimum absolute atomic E-state index is 0.117. The van der Waals surface area contributed by atoms with E-state index in [2.05, 4.69) is 530 Å². The fourth-order valence-corrected chi connectivity index (χ4v) is 19.4. The quantitative estimate of drug-likeness (QED) is 0.0899. The molecule has 0 fully saturated rings. The summed E-state index contributed by atoms with van der Waals surface area (Å²) in [5, 5.41) is 14.8. The molecular weight excluding hydrogens is 1540 g/mol. The monoisotopic (exact) mass is 1620 g/mol. The van der Waals surface area contributed by atoms with E-state index in [1.165, 1.54) is 137 Å². The second-order valence-electron chi connectivity index (χ2n) is 33.9. The van der Waals surface area contributed by atoms with Crippen LogP contribution in [0.5, 0.6) is 0 Å². The molecule has 0 aliphatic rings. The Kier molecular flexibility index (Phi) is 19.8. The Labute approximate surface area is 740 Å². The molecule has 0 aliphatic heterocycles. The first-order valence-electron chi connectivity index (χ1n) is 43.9. The number of anilines is 9. The molecule has 0 atom stereocenters. The van der Waals surface area contributed by atoms with Crippen molar-refractivity contribution in [3.05, 3.63) is 491 Å². The molecule has 2 aromatic heterocycles. The fraction of sp³-hybridized carbons (Fsp3) is 0.0328. The van der Waals surface area contributed by atoms with Gasteiger partial charge < -0.3 is 23.8 Å². The number of fused-ring (bicyclic) bond motifs is 10. The standard InChI is InChI=1S/C72H55N3.C50H34N2/c1-72(2,3)54-40-36-51(37-41-54)50-32-34-52(35-33-50)70-62-28-16-18-30-64(62)71(65-31-19-17-29-63(65)70)53-38-42-59(43-39-53)75-68-46-44-60(73(55-20-8-4-9-21-55)56-22-10-5-11-23-56)48-66(68)67-49-61(45-47-69(67)75)74(57-24-12-6-13-25-57)58-26-14-7-15-27-58;1-4-17-35(18-5-1)49-42-26-10-12-28-44(42)50(45-29-13-11-27-43(45)49)36-19-16-24-39(33-36)52-47-30-15-14-25-41(47)46-34-40(31-32-48(46)52)51(37-20-6-2-7-21-37)38-22-8-3-9-23-38/h4-49H,1-3H3;1-34H. The highest BCUT2D eigenvalue weighted by Gasteiger charge is 2.26. The van der Waals surface area contributed by atoms with Gasteiger partial charge in [-0.05, 0) is 267 Å². The summed E-state index contributed by atoms with van der Waals surface area (Å²) in [7, 11) is 0. The van der Waals surface area contributed by atoms with Crippen molar-refractivity contribution in [2.75, 3.05) is 14.7 Å². The van der Waals surface area contributed by atoms with Gasteiger partial charge in [0.05, 0.1) is 22.1 Å². The molecule has 127 heavy (non-hydrogen) atoms. The second kappa shape index (κ2) is 32.8. The zero-order chi connectivity index (χ0) is 84.9. The van der Waals surface area contributed by atoms with Gasteiger partial charge in [-0.2, -0.15) is 0 Å². The maximum absolute atomic E-state index is 2.44. The van der Waals surface area contributed by atoms with Crippen molar-refractivity contribution in [2.24, 2.45) is 0 Å². The Balaban J connectivity index is 0.000000160. The molecular formula is C122H89N5. The summed E-state index contributed by atoms with van der Waals surface area (Å²) in [6, 6.07) is 176. The van der Waals surface area contributed by atoms with Crippen LogP contribution in [-0.2, 0) is 5.41 Å². The van der Waals surface area contributed by atoms with Crippen LogP contribution in [-0.4, -0.2) is 9.13 Å². The Morgan fingerprint density at radius 3 is 0.740 bits per heavy atom. The number of benzene rings is 21. The van der Waals surface area contributed by atoms with Crippen molar-refractivity contribution in [3.8, 4) is 67.0 Å². The van der Waals surface area contributed by atoms with Gasteiger partial charge in [-0.15, -0.1) is 0 Å². The van der Waals surface area contributed by atoms with E-state index in [-0.39, 0.29) is 5.41 Å². The van der Waals surface area contributed by atoms with Crippen LogP contribution < -0.4 is 14.7 Å². The van der Waals surface area contributed by atoms with Crippen molar-refractivity contribution in [1.29, 1.82) is 0 Å². The van der Waals surface area contributed by atoms with Crippen LogP contribution in [0.1, 0.15) is 26.3 Å². The van der Waals surface area contributed by atoms with Gasteiger partial charge in [-0.25, -0.2) is 0 Å². The molecule has 21 aromatic carbocycles. The van der Waals surface area contributed by atoms with Gasteiger partial charge in [0, 0.05) is 84.1 Å². The largest absolute Gasteiger partial charge is 0.310 e. The molecule has 0 unspecified atom stereocenters. The highest BCUT2D eigenvalue weighted by atomic mass is 15.2. The van der Waals surface area contributed by atoms with Crippen molar-refractivity contribution in [3.63, 3.8) is 0 Å². The van der Waals surface area contributed by atoms with Crippen LogP contribution in [0.2, 0.25) is 0 Å². The number of aromatic nitrogens is 2. The lowest BCUT2D eigenvalue weighted by atomic mass is 9.85. The maximum Gasteiger partial charge on any atom is 0.0542 e. The molecule has 0 aliphatic carbocycles. The molecule has 23 rings (SSSR count). The molecule has 0 bridgehead atoms. The van der Waals surface area contributed by atoms with E-state index in [1.807, 2.05) is 0 Å². The minimum Gasteiger partial charge on any atom is -0.310 e. The van der Waals surface area contributed by atoms with Crippen molar-refractivity contribution >= 4 is 138 Å². The summed E-state index contributed by atoms with van der Waals surface area (Å²) < 4.78 is 4.87. The molecule has 0 N–H and O–H groups in total. The topological polar surface area (TPSA) is 19.6 Å². The zero-order valence-corrected chi connectivity index (χ0v) is 70.9. The SMILES string of the molecule is CC(C)(C)c1ccc(-c2ccc(-c3c4ccccc4c(-c4ccc(-n5c6ccc(N(c7ccccc7)c7ccccc7)cc6c6cc(N(c7ccccc7)c7ccccc7)ccc65)cc4)c4ccccc34)cc2)cc1.c1ccc(-c2c3ccccc3c(-c3cccc(-n4c5ccccc5c5cc(N(c6ccccc6)c6ccccc6)ccc54)c3)c3ccccc23)cc1. The number of hydrogen-bond donors (Lipinski definition) is 0. The summed E-state index contributed by atoms with van der Waals surface area (Å²) in [6.07, 6.45) is 0. The van der Waals surface area contributed by atoms with E-state index < -0.39 is 0 Å². The summed E-state index contributed by atoms with van der Waals surface area (Å²) in [4.78, 5) is 7.04. The summed E-state index contributed by atoms with van der Waals surface area (Å²) in [6.45, 7) is 6.80. The average Bonchev–Trinajstić information content (AvgIpc) is 0.977. The van der Waals surface area contributed by atoms with Crippen LogP contribution in [0.25, 0.3) is 154 Å². The van der Waals surface area contributed by atoms with Crippen molar-refractivity contribution in [1.82, 2.24) is 9.13 Å². The number of hydrogen-bond acceptors (Lipinski definition) is 3. The van der Waals surface area contributed by atoms with Crippen molar-refractivity contribution < 1.29 is 0 Å². The lowest BCUT2D eigenvalue weighted by molar-refractivity contribution is 0.590. The van der Waals surface area contributed by atoms with Gasteiger partial charge in [-0.1, -0.05) is 348 Å². The van der Waals surface area contributed by atoms with Crippen LogP contribution in [0.15, 0.2) is 485 Å². The van der Waals surface area contributed by atoms with E-state index in [1.54, 1.807) is 0 Å². The summed E-state index contributed by atoms with van der Waals surface area (Å²) in [5.41, 5.74) is 30.6. The first-order chi connectivity index (χ1) is 62.7. The van der Waals surface area contributed by atoms with Gasteiger partial charge in [0.1, 0.15) is 0 Å². The number of rotatable bonds is 16. The minimum atomic E-state index is 0.117. The molecule has 2 heterocycles. The maximum atomic E-state index is 2.44.